The zero-order valence-corrected chi connectivity index (χ0v) is 14.7. The maximum absolute atomic E-state index is 11.3. The Balaban J connectivity index is 1.95. The number of ether oxygens (including phenoxy) is 2. The Labute approximate surface area is 149 Å². The molecule has 1 N–H and O–H groups in total. The molecule has 25 heavy (non-hydrogen) atoms. The molecule has 1 aromatic heterocycles. The molecule has 6 heteroatoms. The second kappa shape index (κ2) is 7.36. The summed E-state index contributed by atoms with van der Waals surface area (Å²) in [5, 5.41) is 9.86. The number of carbonyl (C=O) groups is 1. The lowest BCUT2D eigenvalue weighted by atomic mass is 10.2. The molecule has 0 unspecified atom stereocenters. The molecule has 0 bridgehead atoms. The molecular weight excluding hydrogens is 338 g/mol. The van der Waals surface area contributed by atoms with E-state index in [9.17, 15) is 9.90 Å². The largest absolute Gasteiger partial charge is 0.497 e. The molecule has 0 amide bonds. The van der Waals surface area contributed by atoms with Crippen LogP contribution in [0, 0.1) is 6.92 Å². The Hall–Kier alpha value is -2.86. The molecule has 0 aliphatic heterocycles. The average Bonchev–Trinajstić information content (AvgIpc) is 3.02. The number of carboxylic acids is 1. The number of methoxy groups -OCH3 is 1. The monoisotopic (exact) mass is 355 g/mol. The molecule has 3 aromatic rings. The van der Waals surface area contributed by atoms with Crippen molar-refractivity contribution in [3.05, 3.63) is 64.7 Å². The van der Waals surface area contributed by atoms with E-state index >= 15 is 0 Å². The van der Waals surface area contributed by atoms with Gasteiger partial charge in [-0.05, 0) is 24.6 Å². The van der Waals surface area contributed by atoms with Crippen molar-refractivity contribution in [2.45, 2.75) is 13.5 Å². The van der Waals surface area contributed by atoms with Crippen LogP contribution in [0.4, 0.5) is 0 Å². The Morgan fingerprint density at radius 1 is 1.20 bits per heavy atom. The van der Waals surface area contributed by atoms with E-state index in [-0.39, 0.29) is 4.88 Å². The summed E-state index contributed by atoms with van der Waals surface area (Å²) in [7, 11) is 1.59. The van der Waals surface area contributed by atoms with Crippen LogP contribution in [0.15, 0.2) is 48.5 Å². The smallest absolute Gasteiger partial charge is 0.347 e. The number of aromatic carboxylic acids is 1. The number of thiazole rings is 1. The van der Waals surface area contributed by atoms with Gasteiger partial charge in [0.15, 0.2) is 0 Å². The summed E-state index contributed by atoms with van der Waals surface area (Å²) in [5.41, 5.74) is 2.28. The van der Waals surface area contributed by atoms with Gasteiger partial charge in [0.25, 0.3) is 0 Å². The van der Waals surface area contributed by atoms with Crippen LogP contribution in [0.2, 0.25) is 0 Å². The van der Waals surface area contributed by atoms with Gasteiger partial charge in [-0.15, -0.1) is 11.3 Å². The molecule has 0 spiro atoms. The molecule has 3 rings (SSSR count). The first-order valence-corrected chi connectivity index (χ1v) is 8.46. The minimum absolute atomic E-state index is 0.236. The number of nitrogens with zero attached hydrogens (tertiary/aromatic N) is 1. The van der Waals surface area contributed by atoms with Crippen LogP contribution in [-0.4, -0.2) is 23.2 Å². The van der Waals surface area contributed by atoms with Crippen LogP contribution < -0.4 is 9.47 Å². The number of hydrogen-bond acceptors (Lipinski definition) is 5. The molecule has 2 aromatic carbocycles. The van der Waals surface area contributed by atoms with E-state index in [2.05, 4.69) is 4.98 Å². The van der Waals surface area contributed by atoms with E-state index in [0.717, 1.165) is 22.5 Å². The van der Waals surface area contributed by atoms with Crippen molar-refractivity contribution in [2.24, 2.45) is 0 Å². The molecule has 128 valence electrons. The third-order valence-electron chi connectivity index (χ3n) is 3.65. The molecule has 0 aliphatic rings. The number of rotatable bonds is 6. The fourth-order valence-electron chi connectivity index (χ4n) is 2.37. The molecule has 0 radical (unpaired) electrons. The second-order valence-corrected chi connectivity index (χ2v) is 6.37. The van der Waals surface area contributed by atoms with E-state index in [4.69, 9.17) is 9.47 Å². The zero-order chi connectivity index (χ0) is 17.8. The van der Waals surface area contributed by atoms with Gasteiger partial charge in [0, 0.05) is 6.07 Å². The molecule has 0 saturated carbocycles. The van der Waals surface area contributed by atoms with Crippen LogP contribution >= 0.6 is 11.3 Å². The van der Waals surface area contributed by atoms with Gasteiger partial charge in [0.2, 0.25) is 0 Å². The number of benzene rings is 2. The van der Waals surface area contributed by atoms with E-state index in [1.807, 2.05) is 42.5 Å². The van der Waals surface area contributed by atoms with Gasteiger partial charge in [-0.2, -0.15) is 0 Å². The highest BCUT2D eigenvalue weighted by Gasteiger charge is 2.18. The van der Waals surface area contributed by atoms with Gasteiger partial charge in [-0.25, -0.2) is 9.78 Å². The summed E-state index contributed by atoms with van der Waals surface area (Å²) in [4.78, 5) is 15.9. The normalized spacial score (nSPS) is 10.5. The summed E-state index contributed by atoms with van der Waals surface area (Å²) in [6.45, 7) is 2.09. The van der Waals surface area contributed by atoms with Crippen molar-refractivity contribution in [2.75, 3.05) is 7.11 Å². The number of hydrogen-bond donors (Lipinski definition) is 1. The topological polar surface area (TPSA) is 68.7 Å². The van der Waals surface area contributed by atoms with E-state index in [1.165, 1.54) is 0 Å². The summed E-state index contributed by atoms with van der Waals surface area (Å²) >= 11 is 1.14. The standard InChI is InChI=1S/C19H17NO4S/c1-12-17(19(21)22)25-18(20-12)15-9-8-14(23-2)10-16(15)24-11-13-6-4-3-5-7-13/h3-10H,11H2,1-2H3,(H,21,22). The molecule has 0 saturated heterocycles. The summed E-state index contributed by atoms with van der Waals surface area (Å²) < 4.78 is 11.2. The number of aromatic nitrogens is 1. The fraction of sp³-hybridized carbons (Fsp3) is 0.158. The van der Waals surface area contributed by atoms with Crippen molar-refractivity contribution in [1.29, 1.82) is 0 Å². The summed E-state index contributed by atoms with van der Waals surface area (Å²) in [6, 6.07) is 15.3. The van der Waals surface area contributed by atoms with E-state index in [0.29, 0.717) is 28.8 Å². The van der Waals surface area contributed by atoms with Gasteiger partial charge in [0.1, 0.15) is 28.0 Å². The van der Waals surface area contributed by atoms with Crippen molar-refractivity contribution >= 4 is 17.3 Å². The highest BCUT2D eigenvalue weighted by atomic mass is 32.1. The van der Waals surface area contributed by atoms with E-state index in [1.54, 1.807) is 20.1 Å². The first-order chi connectivity index (χ1) is 12.1. The van der Waals surface area contributed by atoms with Gasteiger partial charge < -0.3 is 14.6 Å². The second-order valence-electron chi connectivity index (χ2n) is 5.38. The predicted octanol–water partition coefficient (Wildman–Crippen LogP) is 4.40. The molecule has 0 aliphatic carbocycles. The molecule has 5 nitrogen and oxygen atoms in total. The Kier molecular flexibility index (Phi) is 5.00. The van der Waals surface area contributed by atoms with Gasteiger partial charge in [0.05, 0.1) is 18.4 Å². The highest BCUT2D eigenvalue weighted by Crippen LogP contribution is 2.37. The zero-order valence-electron chi connectivity index (χ0n) is 13.9. The van der Waals surface area contributed by atoms with Crippen LogP contribution in [-0.2, 0) is 6.61 Å². The van der Waals surface area contributed by atoms with Gasteiger partial charge in [-0.3, -0.25) is 0 Å². The Morgan fingerprint density at radius 3 is 2.60 bits per heavy atom. The van der Waals surface area contributed by atoms with Gasteiger partial charge in [-0.1, -0.05) is 30.3 Å². The molecule has 0 atom stereocenters. The van der Waals surface area contributed by atoms with E-state index < -0.39 is 5.97 Å². The number of aryl methyl sites for hydroxylation is 1. The quantitative estimate of drug-likeness (QED) is 0.709. The fourth-order valence-corrected chi connectivity index (χ4v) is 3.31. The van der Waals surface area contributed by atoms with Gasteiger partial charge >= 0.3 is 5.97 Å². The maximum Gasteiger partial charge on any atom is 0.347 e. The van der Waals surface area contributed by atoms with Crippen LogP contribution in [0.5, 0.6) is 11.5 Å². The minimum Gasteiger partial charge on any atom is -0.497 e. The lowest BCUT2D eigenvalue weighted by molar-refractivity contribution is 0.0701. The van der Waals surface area contributed by atoms with Crippen molar-refractivity contribution in [1.82, 2.24) is 4.98 Å². The van der Waals surface area contributed by atoms with Crippen molar-refractivity contribution in [3.8, 4) is 22.1 Å². The highest BCUT2D eigenvalue weighted by molar-refractivity contribution is 7.17. The average molecular weight is 355 g/mol. The minimum atomic E-state index is -0.971. The molecular formula is C19H17NO4S. The SMILES string of the molecule is COc1ccc(-c2nc(C)c(C(=O)O)s2)c(OCc2ccccc2)c1. The van der Waals surface area contributed by atoms with Crippen LogP contribution in [0.1, 0.15) is 20.9 Å². The Morgan fingerprint density at radius 2 is 1.96 bits per heavy atom. The first kappa shape index (κ1) is 17.0. The lowest BCUT2D eigenvalue weighted by Crippen LogP contribution is -1.97. The predicted molar refractivity (Wildman–Crippen MR) is 96.6 cm³/mol. The van der Waals surface area contributed by atoms with Crippen molar-refractivity contribution in [3.63, 3.8) is 0 Å². The van der Waals surface area contributed by atoms with Crippen molar-refractivity contribution < 1.29 is 19.4 Å². The molecule has 1 heterocycles. The third-order valence-corrected chi connectivity index (χ3v) is 4.83. The third kappa shape index (κ3) is 3.80. The van der Waals surface area contributed by atoms with Crippen LogP contribution in [0.25, 0.3) is 10.6 Å². The maximum atomic E-state index is 11.3. The summed E-state index contributed by atoms with van der Waals surface area (Å²) in [5.74, 6) is 0.300. The van der Waals surface area contributed by atoms with Crippen LogP contribution in [0.3, 0.4) is 0 Å². The lowest BCUT2D eigenvalue weighted by Gasteiger charge is -2.12. The first-order valence-electron chi connectivity index (χ1n) is 7.64. The molecule has 0 fully saturated rings. The Bertz CT molecular complexity index is 890. The summed E-state index contributed by atoms with van der Waals surface area (Å²) in [6.07, 6.45) is 0. The number of carboxylic acid groups (broad SMARTS) is 1.